The molecule has 1 fully saturated rings. The number of allylic oxidation sites excluding steroid dienone is 3. The van der Waals surface area contributed by atoms with Gasteiger partial charge in [0.25, 0.3) is 0 Å². The van der Waals surface area contributed by atoms with E-state index in [1.54, 1.807) is 12.1 Å². The molecule has 3 rings (SSSR count). The molecule has 0 aromatic heterocycles. The molecule has 0 bridgehead atoms. The number of halogens is 4. The fourth-order valence-electron chi connectivity index (χ4n) is 4.96. The monoisotopic (exact) mass is 488 g/mol. The third-order valence-electron chi connectivity index (χ3n) is 7.06. The van der Waals surface area contributed by atoms with Crippen molar-refractivity contribution in [1.29, 1.82) is 0 Å². The van der Waals surface area contributed by atoms with Gasteiger partial charge in [-0.05, 0) is 106 Å². The maximum Gasteiger partial charge on any atom is 0.389 e. The highest BCUT2D eigenvalue weighted by Gasteiger charge is 2.41. The van der Waals surface area contributed by atoms with Gasteiger partial charge in [0.05, 0.1) is 6.10 Å². The van der Waals surface area contributed by atoms with Gasteiger partial charge >= 0.3 is 6.11 Å². The third kappa shape index (κ3) is 7.30. The number of ether oxygens (including phenoxy) is 1. The zero-order valence-corrected chi connectivity index (χ0v) is 20.7. The Labute approximate surface area is 206 Å². The zero-order valence-electron chi connectivity index (χ0n) is 20.7. The molecule has 1 saturated carbocycles. The van der Waals surface area contributed by atoms with Crippen LogP contribution in [0.15, 0.2) is 61.2 Å². The quantitative estimate of drug-likeness (QED) is 0.226. The van der Waals surface area contributed by atoms with Gasteiger partial charge in [-0.15, -0.1) is 6.58 Å². The summed E-state index contributed by atoms with van der Waals surface area (Å²) in [6.45, 7) is 7.14. The largest absolute Gasteiger partial charge is 0.389 e. The van der Waals surface area contributed by atoms with Crippen LogP contribution in [0.3, 0.4) is 0 Å². The van der Waals surface area contributed by atoms with E-state index in [2.05, 4.69) is 12.7 Å². The molecule has 0 amide bonds. The van der Waals surface area contributed by atoms with Crippen LogP contribution in [0.25, 0.3) is 0 Å². The molecule has 0 spiro atoms. The van der Waals surface area contributed by atoms with Crippen molar-refractivity contribution in [2.45, 2.75) is 83.3 Å². The fraction of sp³-hybridized carbons (Fsp3) is 0.467. The Morgan fingerprint density at radius 2 is 1.66 bits per heavy atom. The predicted molar refractivity (Wildman–Crippen MR) is 133 cm³/mol. The molecule has 0 aliphatic heterocycles. The highest BCUT2D eigenvalue weighted by Crippen LogP contribution is 2.42. The summed E-state index contributed by atoms with van der Waals surface area (Å²) in [6.07, 6.45) is 8.21. The molecule has 2 aromatic carbocycles. The van der Waals surface area contributed by atoms with Gasteiger partial charge in [-0.1, -0.05) is 42.5 Å². The Bertz CT molecular complexity index is 965. The molecule has 0 radical (unpaired) electrons. The van der Waals surface area contributed by atoms with Crippen LogP contribution in [-0.2, 0) is 17.3 Å². The van der Waals surface area contributed by atoms with Gasteiger partial charge in [-0.3, -0.25) is 0 Å². The summed E-state index contributed by atoms with van der Waals surface area (Å²) in [5.74, 6) is -1.93. The second-order valence-corrected chi connectivity index (χ2v) is 9.57. The van der Waals surface area contributed by atoms with Crippen LogP contribution < -0.4 is 0 Å². The summed E-state index contributed by atoms with van der Waals surface area (Å²) in [5.41, 5.74) is 0.688. The average molecular weight is 489 g/mol. The normalized spacial score (nSPS) is 19.7. The van der Waals surface area contributed by atoms with Gasteiger partial charge in [0.15, 0.2) is 0 Å². The highest BCUT2D eigenvalue weighted by molar-refractivity contribution is 5.31. The molecular formula is C30H36F4O. The van der Waals surface area contributed by atoms with Crippen LogP contribution in [0.2, 0.25) is 0 Å². The van der Waals surface area contributed by atoms with E-state index in [0.717, 1.165) is 69.1 Å². The van der Waals surface area contributed by atoms with Crippen molar-refractivity contribution in [2.75, 3.05) is 0 Å². The van der Waals surface area contributed by atoms with Crippen LogP contribution in [-0.4, -0.2) is 0 Å². The van der Waals surface area contributed by atoms with Gasteiger partial charge in [0.2, 0.25) is 0 Å². The van der Waals surface area contributed by atoms with Gasteiger partial charge in [0.1, 0.15) is 17.2 Å². The summed E-state index contributed by atoms with van der Waals surface area (Å²) < 4.78 is 64.4. The van der Waals surface area contributed by atoms with E-state index < -0.39 is 29.4 Å². The van der Waals surface area contributed by atoms with E-state index in [9.17, 15) is 17.6 Å². The molecule has 35 heavy (non-hydrogen) atoms. The lowest BCUT2D eigenvalue weighted by Crippen LogP contribution is -2.24. The van der Waals surface area contributed by atoms with E-state index >= 15 is 0 Å². The minimum atomic E-state index is -4.10. The van der Waals surface area contributed by atoms with E-state index in [-0.39, 0.29) is 5.92 Å². The summed E-state index contributed by atoms with van der Waals surface area (Å²) in [5, 5.41) is 0. The molecule has 1 nitrogen and oxygen atoms in total. The fourth-order valence-corrected chi connectivity index (χ4v) is 4.96. The molecule has 1 aliphatic carbocycles. The molecule has 5 heteroatoms. The standard InChI is InChI=1S/C30H36F4O/c1-4-6-8-10-23-13-17-25(18-14-23)26-19-27(31)29(28(32)20-26)30(33,34)35-21(3)24-15-11-22(12-16-24)9-7-5-2/h4-6,11-12,15-16,19-21,23,25H,2,7-10,13-14,17-18H2,1,3H3/b6-4+. The molecular weight excluding hydrogens is 452 g/mol. The van der Waals surface area contributed by atoms with Gasteiger partial charge in [-0.25, -0.2) is 8.78 Å². The summed E-state index contributed by atoms with van der Waals surface area (Å²) in [6, 6.07) is 9.21. The van der Waals surface area contributed by atoms with Crippen LogP contribution in [0, 0.1) is 17.6 Å². The lowest BCUT2D eigenvalue weighted by molar-refractivity contribution is -0.275. The number of aryl methyl sites for hydroxylation is 1. The molecule has 0 saturated heterocycles. The Kier molecular flexibility index (Phi) is 9.73. The van der Waals surface area contributed by atoms with E-state index in [1.165, 1.54) is 6.92 Å². The second-order valence-electron chi connectivity index (χ2n) is 9.57. The minimum Gasteiger partial charge on any atom is -0.309 e. The Morgan fingerprint density at radius 1 is 1.03 bits per heavy atom. The summed E-state index contributed by atoms with van der Waals surface area (Å²) in [4.78, 5) is 0. The Morgan fingerprint density at radius 3 is 2.23 bits per heavy atom. The second kappa shape index (κ2) is 12.5. The van der Waals surface area contributed by atoms with Gasteiger partial charge in [-0.2, -0.15) is 8.78 Å². The van der Waals surface area contributed by atoms with Crippen molar-refractivity contribution in [1.82, 2.24) is 0 Å². The van der Waals surface area contributed by atoms with Gasteiger partial charge in [0, 0.05) is 0 Å². The van der Waals surface area contributed by atoms with Crippen molar-refractivity contribution in [3.63, 3.8) is 0 Å². The number of benzene rings is 2. The number of rotatable bonds is 11. The molecule has 0 heterocycles. The lowest BCUT2D eigenvalue weighted by atomic mass is 9.77. The Balaban J connectivity index is 1.67. The number of alkyl halides is 2. The first-order valence-corrected chi connectivity index (χ1v) is 12.6. The van der Waals surface area contributed by atoms with Crippen molar-refractivity contribution in [3.8, 4) is 0 Å². The molecule has 1 unspecified atom stereocenters. The van der Waals surface area contributed by atoms with E-state index in [1.807, 2.05) is 31.2 Å². The number of hydrogen-bond acceptors (Lipinski definition) is 1. The predicted octanol–water partition coefficient (Wildman–Crippen LogP) is 9.54. The molecule has 1 atom stereocenters. The van der Waals surface area contributed by atoms with Crippen LogP contribution >= 0.6 is 0 Å². The number of hydrogen-bond donors (Lipinski definition) is 0. The van der Waals surface area contributed by atoms with Crippen molar-refractivity contribution in [3.05, 3.63) is 95.1 Å². The van der Waals surface area contributed by atoms with Crippen LogP contribution in [0.1, 0.15) is 93.1 Å². The first-order chi connectivity index (χ1) is 16.7. The smallest absolute Gasteiger partial charge is 0.309 e. The SMILES string of the molecule is C=CCCc1ccc(C(C)OC(F)(F)c2c(F)cc(C3CCC(CC/C=C/C)CC3)cc2F)cc1. The first-order valence-electron chi connectivity index (χ1n) is 12.6. The molecule has 190 valence electrons. The van der Waals surface area contributed by atoms with Crippen LogP contribution in [0.4, 0.5) is 17.6 Å². The first kappa shape index (κ1) is 27.2. The highest BCUT2D eigenvalue weighted by atomic mass is 19.3. The maximum absolute atomic E-state index is 14.9. The third-order valence-corrected chi connectivity index (χ3v) is 7.06. The van der Waals surface area contributed by atoms with Crippen molar-refractivity contribution in [2.24, 2.45) is 5.92 Å². The van der Waals surface area contributed by atoms with E-state index in [0.29, 0.717) is 17.0 Å². The average Bonchev–Trinajstić information content (AvgIpc) is 2.82. The molecule has 2 aromatic rings. The maximum atomic E-state index is 14.9. The topological polar surface area (TPSA) is 9.23 Å². The van der Waals surface area contributed by atoms with E-state index in [4.69, 9.17) is 4.74 Å². The zero-order chi connectivity index (χ0) is 25.4. The van der Waals surface area contributed by atoms with Crippen molar-refractivity contribution >= 4 is 0 Å². The minimum absolute atomic E-state index is 0.0147. The summed E-state index contributed by atoms with van der Waals surface area (Å²) >= 11 is 0. The lowest BCUT2D eigenvalue weighted by Gasteiger charge is -2.29. The Hall–Kier alpha value is -2.40. The summed E-state index contributed by atoms with van der Waals surface area (Å²) in [7, 11) is 0. The molecule has 1 aliphatic rings. The van der Waals surface area contributed by atoms with Crippen molar-refractivity contribution < 1.29 is 22.3 Å². The molecule has 0 N–H and O–H groups in total. The van der Waals surface area contributed by atoms with Gasteiger partial charge < -0.3 is 4.74 Å². The van der Waals surface area contributed by atoms with Crippen LogP contribution in [0.5, 0.6) is 0 Å².